The molecular formula is C14H16N2O2S. The van der Waals surface area contributed by atoms with Gasteiger partial charge in [0.15, 0.2) is 4.77 Å². The van der Waals surface area contributed by atoms with Gasteiger partial charge in [0.1, 0.15) is 12.4 Å². The van der Waals surface area contributed by atoms with E-state index in [4.69, 9.17) is 21.7 Å². The van der Waals surface area contributed by atoms with Crippen molar-refractivity contribution in [3.8, 4) is 17.0 Å². The molecule has 0 amide bonds. The number of rotatable bonds is 5. The zero-order chi connectivity index (χ0) is 13.7. The number of aromatic nitrogens is 2. The first kappa shape index (κ1) is 13.7. The maximum atomic E-state index is 5.73. The maximum absolute atomic E-state index is 5.73. The molecule has 0 unspecified atom stereocenters. The number of aryl methyl sites for hydroxylation is 1. The molecule has 0 aliphatic carbocycles. The molecule has 0 radical (unpaired) electrons. The molecule has 0 bridgehead atoms. The average Bonchev–Trinajstić information content (AvgIpc) is 2.42. The standard InChI is InChI=1S/C14H16N2O2S/c1-10-9-15-14(19)16-13(10)11-5-3-4-6-12(11)18-8-7-17-2/h3-6,9H,7-8H2,1-2H3,(H,15,16,19). The molecule has 5 heteroatoms. The van der Waals surface area contributed by atoms with E-state index in [0.717, 1.165) is 22.6 Å². The van der Waals surface area contributed by atoms with Gasteiger partial charge in [-0.1, -0.05) is 12.1 Å². The number of para-hydroxylation sites is 1. The van der Waals surface area contributed by atoms with E-state index < -0.39 is 0 Å². The van der Waals surface area contributed by atoms with Crippen LogP contribution in [-0.2, 0) is 4.74 Å². The second-order valence-electron chi connectivity index (χ2n) is 4.08. The molecule has 1 heterocycles. The Labute approximate surface area is 117 Å². The fraction of sp³-hybridized carbons (Fsp3) is 0.286. The zero-order valence-corrected chi connectivity index (χ0v) is 11.8. The minimum Gasteiger partial charge on any atom is -0.490 e. The van der Waals surface area contributed by atoms with Crippen LogP contribution < -0.4 is 4.74 Å². The first-order chi connectivity index (χ1) is 9.22. The van der Waals surface area contributed by atoms with E-state index in [2.05, 4.69) is 9.97 Å². The van der Waals surface area contributed by atoms with Crippen LogP contribution in [0.1, 0.15) is 5.56 Å². The van der Waals surface area contributed by atoms with E-state index >= 15 is 0 Å². The quantitative estimate of drug-likeness (QED) is 0.673. The van der Waals surface area contributed by atoms with Gasteiger partial charge in [-0.2, -0.15) is 0 Å². The second kappa shape index (κ2) is 6.45. The number of aromatic amines is 1. The van der Waals surface area contributed by atoms with Crippen molar-refractivity contribution in [1.82, 2.24) is 9.97 Å². The van der Waals surface area contributed by atoms with Gasteiger partial charge in [0.05, 0.1) is 12.3 Å². The van der Waals surface area contributed by atoms with Crippen LogP contribution >= 0.6 is 12.2 Å². The van der Waals surface area contributed by atoms with Gasteiger partial charge in [-0.15, -0.1) is 0 Å². The minimum atomic E-state index is 0.465. The SMILES string of the molecule is COCCOc1ccccc1-c1[nH]c(=S)ncc1C. The molecule has 0 atom stereocenters. The van der Waals surface area contributed by atoms with Crippen LogP contribution in [0.15, 0.2) is 30.5 Å². The summed E-state index contributed by atoms with van der Waals surface area (Å²) in [6.45, 7) is 3.05. The Morgan fingerprint density at radius 1 is 1.26 bits per heavy atom. The van der Waals surface area contributed by atoms with Crippen molar-refractivity contribution in [3.05, 3.63) is 40.8 Å². The highest BCUT2D eigenvalue weighted by molar-refractivity contribution is 7.71. The third-order valence-electron chi connectivity index (χ3n) is 2.70. The van der Waals surface area contributed by atoms with E-state index in [-0.39, 0.29) is 0 Å². The summed E-state index contributed by atoms with van der Waals surface area (Å²) in [7, 11) is 1.65. The molecule has 19 heavy (non-hydrogen) atoms. The fourth-order valence-corrected chi connectivity index (χ4v) is 1.93. The lowest BCUT2D eigenvalue weighted by atomic mass is 10.1. The lowest BCUT2D eigenvalue weighted by Crippen LogP contribution is -2.05. The van der Waals surface area contributed by atoms with E-state index in [9.17, 15) is 0 Å². The summed E-state index contributed by atoms with van der Waals surface area (Å²) in [4.78, 5) is 7.18. The maximum Gasteiger partial charge on any atom is 0.197 e. The molecule has 100 valence electrons. The molecule has 0 aliphatic heterocycles. The van der Waals surface area contributed by atoms with Crippen molar-refractivity contribution in [2.45, 2.75) is 6.92 Å². The molecule has 1 aromatic carbocycles. The van der Waals surface area contributed by atoms with Gasteiger partial charge >= 0.3 is 0 Å². The highest BCUT2D eigenvalue weighted by Gasteiger charge is 2.09. The smallest absolute Gasteiger partial charge is 0.197 e. The molecule has 0 spiro atoms. The fourth-order valence-electron chi connectivity index (χ4n) is 1.77. The molecule has 2 aromatic rings. The molecule has 0 fully saturated rings. The minimum absolute atomic E-state index is 0.465. The molecule has 0 saturated heterocycles. The number of methoxy groups -OCH3 is 1. The van der Waals surface area contributed by atoms with Crippen molar-refractivity contribution in [2.24, 2.45) is 0 Å². The Morgan fingerprint density at radius 3 is 2.84 bits per heavy atom. The number of nitrogens with one attached hydrogen (secondary N) is 1. The summed E-state index contributed by atoms with van der Waals surface area (Å²) in [5.74, 6) is 0.805. The summed E-state index contributed by atoms with van der Waals surface area (Å²) in [5.41, 5.74) is 2.94. The van der Waals surface area contributed by atoms with Gasteiger partial charge in [0.25, 0.3) is 0 Å². The van der Waals surface area contributed by atoms with Gasteiger partial charge in [0.2, 0.25) is 0 Å². The average molecular weight is 276 g/mol. The first-order valence-corrected chi connectivity index (χ1v) is 6.40. The Bertz CT molecular complexity index is 610. The summed E-state index contributed by atoms with van der Waals surface area (Å²) in [6, 6.07) is 7.84. The van der Waals surface area contributed by atoms with Gasteiger partial charge in [-0.3, -0.25) is 0 Å². The second-order valence-corrected chi connectivity index (χ2v) is 4.47. The zero-order valence-electron chi connectivity index (χ0n) is 11.0. The van der Waals surface area contributed by atoms with E-state index in [0.29, 0.717) is 18.0 Å². The number of H-pyrrole nitrogens is 1. The Hall–Kier alpha value is -1.72. The number of hydrogen-bond acceptors (Lipinski definition) is 4. The Morgan fingerprint density at radius 2 is 2.05 bits per heavy atom. The normalized spacial score (nSPS) is 10.4. The Kier molecular flexibility index (Phi) is 4.65. The predicted molar refractivity (Wildman–Crippen MR) is 77.0 cm³/mol. The van der Waals surface area contributed by atoms with E-state index in [1.54, 1.807) is 13.3 Å². The number of ether oxygens (including phenoxy) is 2. The highest BCUT2D eigenvalue weighted by Crippen LogP contribution is 2.30. The lowest BCUT2D eigenvalue weighted by molar-refractivity contribution is 0.146. The van der Waals surface area contributed by atoms with Crippen LogP contribution in [0.25, 0.3) is 11.3 Å². The first-order valence-electron chi connectivity index (χ1n) is 5.99. The molecule has 4 nitrogen and oxygen atoms in total. The number of hydrogen-bond donors (Lipinski definition) is 1. The summed E-state index contributed by atoms with van der Waals surface area (Å²) >= 11 is 5.08. The van der Waals surface area contributed by atoms with Crippen LogP contribution in [0.3, 0.4) is 0 Å². The van der Waals surface area contributed by atoms with Crippen LogP contribution in [0.4, 0.5) is 0 Å². The van der Waals surface area contributed by atoms with Crippen molar-refractivity contribution in [2.75, 3.05) is 20.3 Å². The van der Waals surface area contributed by atoms with E-state index in [1.807, 2.05) is 31.2 Å². The van der Waals surface area contributed by atoms with Crippen molar-refractivity contribution >= 4 is 12.2 Å². The van der Waals surface area contributed by atoms with Gasteiger partial charge in [-0.05, 0) is 36.8 Å². The van der Waals surface area contributed by atoms with Crippen LogP contribution in [-0.4, -0.2) is 30.3 Å². The van der Waals surface area contributed by atoms with Crippen molar-refractivity contribution in [1.29, 1.82) is 0 Å². The molecule has 1 aromatic heterocycles. The third kappa shape index (κ3) is 3.39. The topological polar surface area (TPSA) is 47.1 Å². The highest BCUT2D eigenvalue weighted by atomic mass is 32.1. The third-order valence-corrected chi connectivity index (χ3v) is 2.91. The monoisotopic (exact) mass is 276 g/mol. The molecule has 0 aliphatic rings. The van der Waals surface area contributed by atoms with Crippen LogP contribution in [0.2, 0.25) is 0 Å². The molecular weight excluding hydrogens is 260 g/mol. The predicted octanol–water partition coefficient (Wildman–Crippen LogP) is 3.14. The summed E-state index contributed by atoms with van der Waals surface area (Å²) in [6.07, 6.45) is 1.76. The van der Waals surface area contributed by atoms with Crippen LogP contribution in [0.5, 0.6) is 5.75 Å². The number of nitrogens with zero attached hydrogens (tertiary/aromatic N) is 1. The van der Waals surface area contributed by atoms with Gasteiger partial charge < -0.3 is 14.5 Å². The van der Waals surface area contributed by atoms with Crippen molar-refractivity contribution < 1.29 is 9.47 Å². The number of benzene rings is 1. The largest absolute Gasteiger partial charge is 0.490 e. The van der Waals surface area contributed by atoms with Gasteiger partial charge in [-0.25, -0.2) is 4.98 Å². The molecule has 1 N–H and O–H groups in total. The van der Waals surface area contributed by atoms with Crippen LogP contribution in [0, 0.1) is 11.7 Å². The molecule has 0 saturated carbocycles. The Balaban J connectivity index is 2.38. The summed E-state index contributed by atoms with van der Waals surface area (Å²) in [5, 5.41) is 0. The van der Waals surface area contributed by atoms with Gasteiger partial charge in [0, 0.05) is 18.9 Å². The molecule has 2 rings (SSSR count). The van der Waals surface area contributed by atoms with Crippen molar-refractivity contribution in [3.63, 3.8) is 0 Å². The lowest BCUT2D eigenvalue weighted by Gasteiger charge is -2.12. The summed E-state index contributed by atoms with van der Waals surface area (Å²) < 4.78 is 11.2. The van der Waals surface area contributed by atoms with E-state index in [1.165, 1.54) is 0 Å².